The number of hydrogen-bond donors (Lipinski definition) is 1. The second kappa shape index (κ2) is 10.1. The van der Waals surface area contributed by atoms with Crippen molar-refractivity contribution in [1.29, 1.82) is 0 Å². The number of urea groups is 1. The van der Waals surface area contributed by atoms with Gasteiger partial charge in [0.2, 0.25) is 0 Å². The molecule has 1 aliphatic carbocycles. The number of rotatable bonds is 5. The maximum atomic E-state index is 13.2. The lowest BCUT2D eigenvalue weighted by Gasteiger charge is -2.42. The number of hydrogen-bond acceptors (Lipinski definition) is 4. The molecule has 0 spiro atoms. The summed E-state index contributed by atoms with van der Waals surface area (Å²) in [6.45, 7) is 1.86. The van der Waals surface area contributed by atoms with Gasteiger partial charge in [0, 0.05) is 41.8 Å². The zero-order valence-corrected chi connectivity index (χ0v) is 19.7. The average Bonchev–Trinajstić information content (AvgIpc) is 3.20. The molecule has 2 amide bonds. The summed E-state index contributed by atoms with van der Waals surface area (Å²) in [5, 5.41) is 0.729. The van der Waals surface area contributed by atoms with E-state index in [1.165, 1.54) is 12.7 Å². The maximum Gasteiger partial charge on any atom is 0.337 e. The molecule has 172 valence electrons. The van der Waals surface area contributed by atoms with Gasteiger partial charge in [-0.3, -0.25) is 4.90 Å². The summed E-state index contributed by atoms with van der Waals surface area (Å²) in [6, 6.07) is 15.2. The third kappa shape index (κ3) is 4.58. The monoisotopic (exact) mass is 477 g/mol. The highest BCUT2D eigenvalue weighted by Crippen LogP contribution is 2.41. The highest BCUT2D eigenvalue weighted by molar-refractivity contribution is 6.30. The number of anilines is 1. The van der Waals surface area contributed by atoms with E-state index < -0.39 is 5.97 Å². The first-order valence-corrected chi connectivity index (χ1v) is 11.1. The van der Waals surface area contributed by atoms with Gasteiger partial charge in [-0.2, -0.15) is 0 Å². The largest absolute Gasteiger partial charge is 0.465 e. The normalized spacial score (nSPS) is 23.1. The second-order valence-corrected chi connectivity index (χ2v) is 8.83. The molecule has 0 bridgehead atoms. The Balaban J connectivity index is 0.00000289. The molecule has 2 aliphatic rings. The zero-order chi connectivity index (χ0) is 22.0. The number of ether oxygens (including phenoxy) is 1. The summed E-state index contributed by atoms with van der Waals surface area (Å²) in [6.07, 6.45) is 3.67. The standard InChI is InChI=1S/C24H28ClN3O3.ClH/c1-31-22(29)17-4-2-7-21(14-17)28-13-12-27(23(28)30)20-8-10-24(16-26,11-9-20)18-5-3-6-19(25)15-18;/h2-7,14-15,20H,8-13,16,26H2,1H3;1H/t20-,24+;. The van der Waals surface area contributed by atoms with Crippen LogP contribution in [0, 0.1) is 0 Å². The molecule has 0 radical (unpaired) electrons. The van der Waals surface area contributed by atoms with E-state index in [0.717, 1.165) is 36.4 Å². The number of carbonyl (C=O) groups excluding carboxylic acids is 2. The predicted molar refractivity (Wildman–Crippen MR) is 129 cm³/mol. The Kier molecular flexibility index (Phi) is 7.70. The van der Waals surface area contributed by atoms with Crippen LogP contribution in [0.3, 0.4) is 0 Å². The molecule has 0 atom stereocenters. The van der Waals surface area contributed by atoms with Crippen molar-refractivity contribution in [3.63, 3.8) is 0 Å². The van der Waals surface area contributed by atoms with Crippen LogP contribution in [-0.2, 0) is 10.2 Å². The third-order valence-corrected chi connectivity index (χ3v) is 7.04. The van der Waals surface area contributed by atoms with Crippen LogP contribution in [0.5, 0.6) is 0 Å². The van der Waals surface area contributed by atoms with Crippen molar-refractivity contribution in [1.82, 2.24) is 4.90 Å². The van der Waals surface area contributed by atoms with Gasteiger partial charge >= 0.3 is 12.0 Å². The molecule has 1 saturated carbocycles. The lowest BCUT2D eigenvalue weighted by Crippen LogP contribution is -2.46. The first-order valence-electron chi connectivity index (χ1n) is 10.7. The Bertz CT molecular complexity index is 976. The number of halogens is 2. The second-order valence-electron chi connectivity index (χ2n) is 8.40. The molecule has 8 heteroatoms. The summed E-state index contributed by atoms with van der Waals surface area (Å²) in [4.78, 5) is 28.8. The van der Waals surface area contributed by atoms with Crippen LogP contribution in [0.4, 0.5) is 10.5 Å². The van der Waals surface area contributed by atoms with Crippen LogP contribution in [0.25, 0.3) is 0 Å². The average molecular weight is 478 g/mol. The number of benzene rings is 2. The Morgan fingerprint density at radius 3 is 2.53 bits per heavy atom. The Hall–Kier alpha value is -2.28. The lowest BCUT2D eigenvalue weighted by molar-refractivity contribution is 0.0600. The minimum Gasteiger partial charge on any atom is -0.465 e. The van der Waals surface area contributed by atoms with Gasteiger partial charge in [0.05, 0.1) is 12.7 Å². The highest BCUT2D eigenvalue weighted by atomic mass is 35.5. The molecule has 1 saturated heterocycles. The third-order valence-electron chi connectivity index (χ3n) is 6.80. The molecule has 6 nitrogen and oxygen atoms in total. The van der Waals surface area contributed by atoms with Crippen LogP contribution >= 0.6 is 24.0 Å². The van der Waals surface area contributed by atoms with Crippen molar-refractivity contribution in [2.75, 3.05) is 31.6 Å². The minimum atomic E-state index is -0.406. The van der Waals surface area contributed by atoms with Crippen molar-refractivity contribution in [2.45, 2.75) is 37.1 Å². The molecule has 4 rings (SSSR count). The number of amides is 2. The summed E-state index contributed by atoms with van der Waals surface area (Å²) in [5.74, 6) is -0.406. The van der Waals surface area contributed by atoms with Gasteiger partial charge in [-0.1, -0.05) is 29.8 Å². The molecule has 0 aromatic heterocycles. The van der Waals surface area contributed by atoms with Gasteiger partial charge in [-0.25, -0.2) is 9.59 Å². The number of nitrogens with zero attached hydrogens (tertiary/aromatic N) is 2. The smallest absolute Gasteiger partial charge is 0.337 e. The van der Waals surface area contributed by atoms with Gasteiger partial charge in [-0.15, -0.1) is 12.4 Å². The minimum absolute atomic E-state index is 0. The van der Waals surface area contributed by atoms with Gasteiger partial charge in [-0.05, 0) is 61.6 Å². The van der Waals surface area contributed by atoms with Gasteiger partial charge in [0.1, 0.15) is 0 Å². The van der Waals surface area contributed by atoms with E-state index >= 15 is 0 Å². The van der Waals surface area contributed by atoms with E-state index in [0.29, 0.717) is 25.2 Å². The van der Waals surface area contributed by atoms with E-state index in [2.05, 4.69) is 6.07 Å². The van der Waals surface area contributed by atoms with Gasteiger partial charge in [0.25, 0.3) is 0 Å². The Labute approximate surface area is 200 Å². The van der Waals surface area contributed by atoms with Crippen molar-refractivity contribution in [3.05, 3.63) is 64.7 Å². The molecule has 1 aliphatic heterocycles. The lowest BCUT2D eigenvalue weighted by atomic mass is 9.68. The summed E-state index contributed by atoms with van der Waals surface area (Å²) in [5.41, 5.74) is 8.50. The highest BCUT2D eigenvalue weighted by Gasteiger charge is 2.41. The van der Waals surface area contributed by atoms with Crippen molar-refractivity contribution in [2.24, 2.45) is 5.73 Å². The summed E-state index contributed by atoms with van der Waals surface area (Å²) < 4.78 is 4.80. The van der Waals surface area contributed by atoms with Crippen LogP contribution in [0.2, 0.25) is 5.02 Å². The molecular formula is C24H29Cl2N3O3. The Morgan fingerprint density at radius 2 is 1.88 bits per heavy atom. The van der Waals surface area contributed by atoms with Gasteiger partial charge in [0.15, 0.2) is 0 Å². The molecular weight excluding hydrogens is 449 g/mol. The SMILES string of the molecule is COC(=O)c1cccc(N2CCN([C@H]3CC[C@@](CN)(c4cccc(Cl)c4)CC3)C2=O)c1.Cl. The van der Waals surface area contributed by atoms with Crippen LogP contribution in [0.15, 0.2) is 48.5 Å². The molecule has 2 aromatic rings. The predicted octanol–water partition coefficient (Wildman–Crippen LogP) is 4.63. The van der Waals surface area contributed by atoms with E-state index in [-0.39, 0.29) is 29.9 Å². The number of esters is 1. The van der Waals surface area contributed by atoms with E-state index in [1.54, 1.807) is 23.1 Å². The van der Waals surface area contributed by atoms with Crippen molar-refractivity contribution in [3.8, 4) is 0 Å². The number of nitrogens with two attached hydrogens (primary N) is 1. The zero-order valence-electron chi connectivity index (χ0n) is 18.1. The topological polar surface area (TPSA) is 75.9 Å². The van der Waals surface area contributed by atoms with Crippen LogP contribution in [-0.4, -0.2) is 49.7 Å². The molecule has 2 aromatic carbocycles. The van der Waals surface area contributed by atoms with Crippen molar-refractivity contribution < 1.29 is 14.3 Å². The quantitative estimate of drug-likeness (QED) is 0.636. The molecule has 2 fully saturated rings. The van der Waals surface area contributed by atoms with E-state index in [4.69, 9.17) is 22.1 Å². The number of carbonyl (C=O) groups is 2. The molecule has 0 unspecified atom stereocenters. The molecule has 1 heterocycles. The Morgan fingerprint density at radius 1 is 1.16 bits per heavy atom. The molecule has 2 N–H and O–H groups in total. The first-order chi connectivity index (χ1) is 15.0. The van der Waals surface area contributed by atoms with E-state index in [1.807, 2.05) is 29.2 Å². The molecule has 32 heavy (non-hydrogen) atoms. The maximum absolute atomic E-state index is 13.2. The fraction of sp³-hybridized carbons (Fsp3) is 0.417. The fourth-order valence-electron chi connectivity index (χ4n) is 4.95. The summed E-state index contributed by atoms with van der Waals surface area (Å²) >= 11 is 6.22. The van der Waals surface area contributed by atoms with Crippen LogP contribution in [0.1, 0.15) is 41.6 Å². The van der Waals surface area contributed by atoms with Gasteiger partial charge < -0.3 is 15.4 Å². The van der Waals surface area contributed by atoms with Crippen LogP contribution < -0.4 is 10.6 Å². The van der Waals surface area contributed by atoms with Crippen molar-refractivity contribution >= 4 is 41.7 Å². The summed E-state index contributed by atoms with van der Waals surface area (Å²) in [7, 11) is 1.35. The van der Waals surface area contributed by atoms with E-state index in [9.17, 15) is 9.59 Å². The number of methoxy groups -OCH3 is 1. The first kappa shape index (κ1) is 24.4. The fourth-order valence-corrected chi connectivity index (χ4v) is 5.14.